The van der Waals surface area contributed by atoms with Gasteiger partial charge in [-0.25, -0.2) is 0 Å². The largest absolute Gasteiger partial charge is 0.507 e. The van der Waals surface area contributed by atoms with Crippen molar-refractivity contribution in [2.24, 2.45) is 0 Å². The number of carbonyl (C=O) groups excluding carboxylic acids is 1. The number of aromatic hydroxyl groups is 1. The second kappa shape index (κ2) is 6.20. The van der Waals surface area contributed by atoms with E-state index in [4.69, 9.17) is 0 Å². The molecule has 2 rings (SSSR count). The molecule has 1 aliphatic rings. The third-order valence-corrected chi connectivity index (χ3v) is 3.83. The van der Waals surface area contributed by atoms with E-state index in [1.165, 1.54) is 0 Å². The molecule has 1 aromatic rings. The van der Waals surface area contributed by atoms with Crippen LogP contribution in [-0.2, 0) is 6.42 Å². The summed E-state index contributed by atoms with van der Waals surface area (Å²) in [6.07, 6.45) is 3.86. The highest BCUT2D eigenvalue weighted by Crippen LogP contribution is 2.30. The Hall–Kier alpha value is -1.35. The molecule has 1 atom stereocenters. The number of hydrogen-bond donors (Lipinski definition) is 1. The summed E-state index contributed by atoms with van der Waals surface area (Å²) in [5, 5.41) is 9.95. The first kappa shape index (κ1) is 14.1. The zero-order valence-corrected chi connectivity index (χ0v) is 11.9. The van der Waals surface area contributed by atoms with E-state index in [-0.39, 0.29) is 17.6 Å². The van der Waals surface area contributed by atoms with Gasteiger partial charge < -0.3 is 5.11 Å². The van der Waals surface area contributed by atoms with Crippen LogP contribution in [0.4, 0.5) is 0 Å². The maximum absolute atomic E-state index is 12.6. The van der Waals surface area contributed by atoms with Crippen LogP contribution in [0.25, 0.3) is 0 Å². The Labute approximate surface area is 115 Å². The number of fused-ring (bicyclic) bond motifs is 1. The molecule has 0 radical (unpaired) electrons. The van der Waals surface area contributed by atoms with Crippen LogP contribution in [0.15, 0.2) is 18.2 Å². The Morgan fingerprint density at radius 2 is 1.95 bits per heavy atom. The van der Waals surface area contributed by atoms with Gasteiger partial charge in [0.25, 0.3) is 0 Å². The number of carbonyl (C=O) groups is 1. The minimum absolute atomic E-state index is 0.0549. The topological polar surface area (TPSA) is 40.5 Å². The maximum atomic E-state index is 12.6. The van der Waals surface area contributed by atoms with Gasteiger partial charge in [-0.05, 0) is 50.4 Å². The van der Waals surface area contributed by atoms with Gasteiger partial charge in [-0.15, -0.1) is 0 Å². The zero-order chi connectivity index (χ0) is 13.8. The lowest BCUT2D eigenvalue weighted by Gasteiger charge is -2.33. The van der Waals surface area contributed by atoms with Gasteiger partial charge in [-0.3, -0.25) is 9.69 Å². The fourth-order valence-electron chi connectivity index (χ4n) is 3.02. The van der Waals surface area contributed by atoms with Crippen LogP contribution >= 0.6 is 0 Å². The molecular weight excluding hydrogens is 238 g/mol. The summed E-state index contributed by atoms with van der Waals surface area (Å²) in [7, 11) is 0. The van der Waals surface area contributed by atoms with E-state index in [1.54, 1.807) is 6.07 Å². The smallest absolute Gasteiger partial charge is 0.183 e. The first-order valence-corrected chi connectivity index (χ1v) is 7.28. The van der Waals surface area contributed by atoms with Crippen LogP contribution < -0.4 is 0 Å². The van der Waals surface area contributed by atoms with Crippen LogP contribution in [0.3, 0.4) is 0 Å². The van der Waals surface area contributed by atoms with E-state index in [0.29, 0.717) is 5.56 Å². The van der Waals surface area contributed by atoms with Gasteiger partial charge in [0.2, 0.25) is 0 Å². The van der Waals surface area contributed by atoms with E-state index >= 15 is 0 Å². The third kappa shape index (κ3) is 2.81. The van der Waals surface area contributed by atoms with Crippen molar-refractivity contribution in [3.8, 4) is 5.75 Å². The lowest BCUT2D eigenvalue weighted by atomic mass is 9.85. The fraction of sp³-hybridized carbons (Fsp3) is 0.562. The summed E-state index contributed by atoms with van der Waals surface area (Å²) in [6.45, 7) is 6.18. The second-order valence-electron chi connectivity index (χ2n) is 5.27. The summed E-state index contributed by atoms with van der Waals surface area (Å²) >= 11 is 0. The van der Waals surface area contributed by atoms with Crippen molar-refractivity contribution in [3.63, 3.8) is 0 Å². The molecular formula is C16H23NO2. The SMILES string of the molecule is CCCN(CCC)C1CCc2cccc(O)c2C1=O. The number of nitrogens with zero attached hydrogens (tertiary/aromatic N) is 1. The quantitative estimate of drug-likeness (QED) is 0.885. The highest BCUT2D eigenvalue weighted by Gasteiger charge is 2.32. The van der Waals surface area contributed by atoms with Gasteiger partial charge in [0, 0.05) is 0 Å². The monoisotopic (exact) mass is 261 g/mol. The van der Waals surface area contributed by atoms with Crippen LogP contribution in [0, 0.1) is 0 Å². The van der Waals surface area contributed by atoms with E-state index in [1.807, 2.05) is 12.1 Å². The molecule has 3 heteroatoms. The molecule has 0 amide bonds. The standard InChI is InChI=1S/C16H23NO2/c1-3-10-17(11-4-2)13-9-8-12-6-5-7-14(18)15(12)16(13)19/h5-7,13,18H,3-4,8-11H2,1-2H3. The molecule has 0 aliphatic heterocycles. The number of Topliss-reactive ketones (excluding diaryl/α,β-unsaturated/α-hetero) is 1. The van der Waals surface area contributed by atoms with Gasteiger partial charge in [0.05, 0.1) is 11.6 Å². The molecule has 104 valence electrons. The van der Waals surface area contributed by atoms with E-state index in [2.05, 4.69) is 18.7 Å². The number of rotatable bonds is 5. The summed E-state index contributed by atoms with van der Waals surface area (Å²) in [5.41, 5.74) is 1.55. The van der Waals surface area contributed by atoms with Gasteiger partial charge in [0.15, 0.2) is 5.78 Å². The first-order valence-electron chi connectivity index (χ1n) is 7.28. The summed E-state index contributed by atoms with van der Waals surface area (Å²) in [4.78, 5) is 14.9. The van der Waals surface area contributed by atoms with Gasteiger partial charge in [-0.1, -0.05) is 26.0 Å². The van der Waals surface area contributed by atoms with Crippen molar-refractivity contribution < 1.29 is 9.90 Å². The first-order chi connectivity index (χ1) is 9.19. The Bertz CT molecular complexity index is 450. The number of benzene rings is 1. The molecule has 3 nitrogen and oxygen atoms in total. The van der Waals surface area contributed by atoms with Crippen molar-refractivity contribution >= 4 is 5.78 Å². The highest BCUT2D eigenvalue weighted by molar-refractivity contribution is 6.04. The number of aryl methyl sites for hydroxylation is 1. The molecule has 1 N–H and O–H groups in total. The second-order valence-corrected chi connectivity index (χ2v) is 5.27. The molecule has 0 fully saturated rings. The zero-order valence-electron chi connectivity index (χ0n) is 11.9. The minimum Gasteiger partial charge on any atom is -0.507 e. The predicted octanol–water partition coefficient (Wildman–Crippen LogP) is 3.01. The lowest BCUT2D eigenvalue weighted by Crippen LogP contribution is -2.44. The normalized spacial score (nSPS) is 18.7. The van der Waals surface area contributed by atoms with Crippen molar-refractivity contribution in [3.05, 3.63) is 29.3 Å². The molecule has 0 aromatic heterocycles. The minimum atomic E-state index is -0.0549. The van der Waals surface area contributed by atoms with Crippen LogP contribution in [0.1, 0.15) is 49.0 Å². The number of ketones is 1. The van der Waals surface area contributed by atoms with Crippen LogP contribution in [0.5, 0.6) is 5.75 Å². The van der Waals surface area contributed by atoms with E-state index in [9.17, 15) is 9.90 Å². The van der Waals surface area contributed by atoms with Crippen molar-refractivity contribution in [1.82, 2.24) is 4.90 Å². The predicted molar refractivity (Wildman–Crippen MR) is 76.7 cm³/mol. The molecule has 1 aromatic carbocycles. The molecule has 19 heavy (non-hydrogen) atoms. The Balaban J connectivity index is 2.27. The average molecular weight is 261 g/mol. The summed E-state index contributed by atoms with van der Waals surface area (Å²) in [6, 6.07) is 5.33. The Kier molecular flexibility index (Phi) is 4.59. The van der Waals surface area contributed by atoms with Crippen LogP contribution in [-0.4, -0.2) is 34.9 Å². The fourth-order valence-corrected chi connectivity index (χ4v) is 3.02. The van der Waals surface area contributed by atoms with Crippen molar-refractivity contribution in [1.29, 1.82) is 0 Å². The number of phenolic OH excluding ortho intramolecular Hbond substituents is 1. The number of phenols is 1. The maximum Gasteiger partial charge on any atom is 0.183 e. The van der Waals surface area contributed by atoms with Gasteiger partial charge in [0.1, 0.15) is 5.75 Å². The molecule has 0 saturated heterocycles. The van der Waals surface area contributed by atoms with Crippen LogP contribution in [0.2, 0.25) is 0 Å². The third-order valence-electron chi connectivity index (χ3n) is 3.83. The molecule has 0 heterocycles. The van der Waals surface area contributed by atoms with Gasteiger partial charge >= 0.3 is 0 Å². The van der Waals surface area contributed by atoms with E-state index in [0.717, 1.165) is 44.3 Å². The Morgan fingerprint density at radius 3 is 2.58 bits per heavy atom. The highest BCUT2D eigenvalue weighted by atomic mass is 16.3. The van der Waals surface area contributed by atoms with Crippen molar-refractivity contribution in [2.75, 3.05) is 13.1 Å². The molecule has 0 saturated carbocycles. The summed E-state index contributed by atoms with van der Waals surface area (Å²) in [5.74, 6) is 0.237. The molecule has 0 spiro atoms. The van der Waals surface area contributed by atoms with Crippen molar-refractivity contribution in [2.45, 2.75) is 45.6 Å². The molecule has 1 unspecified atom stereocenters. The number of hydrogen-bond acceptors (Lipinski definition) is 3. The Morgan fingerprint density at radius 1 is 1.26 bits per heavy atom. The summed E-state index contributed by atoms with van der Waals surface area (Å²) < 4.78 is 0. The molecule has 1 aliphatic carbocycles. The molecule has 0 bridgehead atoms. The lowest BCUT2D eigenvalue weighted by molar-refractivity contribution is 0.0785. The average Bonchev–Trinajstić information content (AvgIpc) is 2.39. The van der Waals surface area contributed by atoms with Gasteiger partial charge in [-0.2, -0.15) is 0 Å². The van der Waals surface area contributed by atoms with E-state index < -0.39 is 0 Å².